The van der Waals surface area contributed by atoms with Crippen LogP contribution in [0.5, 0.6) is 6.01 Å². The Labute approximate surface area is 208 Å². The van der Waals surface area contributed by atoms with Crippen LogP contribution >= 0.6 is 0 Å². The number of aryl methyl sites for hydroxylation is 2. The minimum atomic E-state index is -0.560. The summed E-state index contributed by atoms with van der Waals surface area (Å²) in [5.41, 5.74) is 1.04. The number of unbranched alkanes of at least 4 members (excludes halogenated alkanes) is 1. The standard InChI is InChI=1S/C26H32FN5O4/c1-4-6-8-18-16-22(33)35-25-23(18)24(34)28-26(29-25)36-30-21(7-5-2)32-13-11-31(12-14-32)20-10-9-17(3)15-19(20)27/h9-10,15-16H,4-8,11-14H2,1-3H3,(H,28,29,34)/b30-21+. The predicted molar refractivity (Wildman–Crippen MR) is 137 cm³/mol. The van der Waals surface area contributed by atoms with E-state index in [1.165, 1.54) is 6.07 Å². The zero-order chi connectivity index (χ0) is 25.7. The van der Waals surface area contributed by atoms with Crippen LogP contribution in [0.2, 0.25) is 0 Å². The van der Waals surface area contributed by atoms with E-state index in [0.29, 0.717) is 56.1 Å². The minimum absolute atomic E-state index is 0.0617. The molecule has 0 bridgehead atoms. The summed E-state index contributed by atoms with van der Waals surface area (Å²) in [6, 6.07) is 6.48. The minimum Gasteiger partial charge on any atom is -0.403 e. The molecule has 0 amide bonds. The number of fused-ring (bicyclic) bond motifs is 1. The van der Waals surface area contributed by atoms with E-state index in [9.17, 15) is 14.0 Å². The SMILES string of the molecule is CCCCc1cc(=O)oc2nc(O/N=C(\CCC)N3CCN(c4ccc(C)cc4F)CC3)[nH]c(=O)c12. The molecule has 0 atom stereocenters. The summed E-state index contributed by atoms with van der Waals surface area (Å²) in [5.74, 6) is 0.493. The number of piperazine rings is 1. The number of halogens is 1. The van der Waals surface area contributed by atoms with Crippen molar-refractivity contribution in [1.82, 2.24) is 14.9 Å². The van der Waals surface area contributed by atoms with E-state index >= 15 is 0 Å². The molecule has 2 aromatic heterocycles. The first-order chi connectivity index (χ1) is 17.4. The molecule has 9 nitrogen and oxygen atoms in total. The van der Waals surface area contributed by atoms with Crippen molar-refractivity contribution in [3.8, 4) is 6.01 Å². The van der Waals surface area contributed by atoms with E-state index in [1.54, 1.807) is 6.07 Å². The Kier molecular flexibility index (Phi) is 8.02. The van der Waals surface area contributed by atoms with E-state index < -0.39 is 11.2 Å². The highest BCUT2D eigenvalue weighted by Gasteiger charge is 2.22. The molecule has 36 heavy (non-hydrogen) atoms. The summed E-state index contributed by atoms with van der Waals surface area (Å²) in [4.78, 5) is 41.2. The fraction of sp³-hybridized carbons (Fsp3) is 0.462. The van der Waals surface area contributed by atoms with Crippen molar-refractivity contribution in [1.29, 1.82) is 0 Å². The van der Waals surface area contributed by atoms with Crippen molar-refractivity contribution in [3.05, 3.63) is 62.0 Å². The van der Waals surface area contributed by atoms with Crippen molar-refractivity contribution in [2.24, 2.45) is 5.16 Å². The molecule has 4 rings (SSSR count). The second-order valence-corrected chi connectivity index (χ2v) is 9.02. The fourth-order valence-electron chi connectivity index (χ4n) is 4.39. The number of nitrogens with zero attached hydrogens (tertiary/aromatic N) is 4. The number of hydrogen-bond donors (Lipinski definition) is 1. The summed E-state index contributed by atoms with van der Waals surface area (Å²) < 4.78 is 19.6. The molecular formula is C26H32FN5O4. The smallest absolute Gasteiger partial charge is 0.337 e. The lowest BCUT2D eigenvalue weighted by atomic mass is 10.1. The van der Waals surface area contributed by atoms with E-state index in [1.807, 2.05) is 37.8 Å². The van der Waals surface area contributed by atoms with Gasteiger partial charge in [-0.25, -0.2) is 9.18 Å². The van der Waals surface area contributed by atoms with Crippen LogP contribution in [0, 0.1) is 12.7 Å². The van der Waals surface area contributed by atoms with Crippen molar-refractivity contribution in [2.45, 2.75) is 52.9 Å². The average molecular weight is 498 g/mol. The van der Waals surface area contributed by atoms with Gasteiger partial charge in [-0.05, 0) is 49.4 Å². The molecule has 10 heteroatoms. The van der Waals surface area contributed by atoms with Crippen LogP contribution in [-0.4, -0.2) is 46.9 Å². The second kappa shape index (κ2) is 11.4. The second-order valence-electron chi connectivity index (χ2n) is 9.02. The maximum atomic E-state index is 14.4. The topological polar surface area (TPSA) is 104 Å². The maximum absolute atomic E-state index is 14.4. The highest BCUT2D eigenvalue weighted by atomic mass is 19.1. The van der Waals surface area contributed by atoms with Crippen molar-refractivity contribution < 1.29 is 13.6 Å². The lowest BCUT2D eigenvalue weighted by Gasteiger charge is -2.37. The molecule has 1 N–H and O–H groups in total. The van der Waals surface area contributed by atoms with Crippen LogP contribution in [0.25, 0.3) is 11.1 Å². The van der Waals surface area contributed by atoms with Gasteiger partial charge in [0.05, 0.1) is 5.69 Å². The molecule has 0 saturated carbocycles. The van der Waals surface area contributed by atoms with Gasteiger partial charge in [-0.15, -0.1) is 0 Å². The van der Waals surface area contributed by atoms with Gasteiger partial charge in [-0.1, -0.05) is 31.5 Å². The van der Waals surface area contributed by atoms with Gasteiger partial charge >= 0.3 is 11.6 Å². The van der Waals surface area contributed by atoms with Crippen LogP contribution < -0.4 is 20.9 Å². The molecule has 1 aromatic carbocycles. The third-order valence-corrected chi connectivity index (χ3v) is 6.27. The number of rotatable bonds is 8. The van der Waals surface area contributed by atoms with Crippen LogP contribution in [-0.2, 0) is 6.42 Å². The van der Waals surface area contributed by atoms with Crippen molar-refractivity contribution in [2.75, 3.05) is 31.1 Å². The summed E-state index contributed by atoms with van der Waals surface area (Å²) in [7, 11) is 0. The van der Waals surface area contributed by atoms with E-state index in [-0.39, 0.29) is 22.9 Å². The Hall–Kier alpha value is -3.69. The normalized spacial score (nSPS) is 14.5. The van der Waals surface area contributed by atoms with Crippen LogP contribution in [0.3, 0.4) is 0 Å². The fourth-order valence-corrected chi connectivity index (χ4v) is 4.39. The number of benzene rings is 1. The van der Waals surface area contributed by atoms with Crippen LogP contribution in [0.15, 0.2) is 43.4 Å². The number of hydrogen-bond acceptors (Lipinski definition) is 7. The van der Waals surface area contributed by atoms with Gasteiger partial charge in [0.1, 0.15) is 17.0 Å². The highest BCUT2D eigenvalue weighted by Crippen LogP contribution is 2.22. The van der Waals surface area contributed by atoms with Gasteiger partial charge in [0.2, 0.25) is 5.71 Å². The molecule has 0 spiro atoms. The number of anilines is 1. The molecule has 192 valence electrons. The van der Waals surface area contributed by atoms with Gasteiger partial charge in [-0.3, -0.25) is 9.78 Å². The zero-order valence-corrected chi connectivity index (χ0v) is 21.0. The monoisotopic (exact) mass is 497 g/mol. The van der Waals surface area contributed by atoms with Gasteiger partial charge < -0.3 is 19.1 Å². The van der Waals surface area contributed by atoms with E-state index in [0.717, 1.165) is 24.8 Å². The first-order valence-corrected chi connectivity index (χ1v) is 12.5. The third kappa shape index (κ3) is 5.75. The Balaban J connectivity index is 1.51. The van der Waals surface area contributed by atoms with Crippen molar-refractivity contribution >= 4 is 22.6 Å². The van der Waals surface area contributed by atoms with Gasteiger partial charge in [0.25, 0.3) is 5.56 Å². The largest absolute Gasteiger partial charge is 0.403 e. The Morgan fingerprint density at radius 1 is 1.17 bits per heavy atom. The summed E-state index contributed by atoms with van der Waals surface area (Å²) in [6.07, 6.45) is 3.85. The first kappa shape index (κ1) is 25.4. The summed E-state index contributed by atoms with van der Waals surface area (Å²) in [6.45, 7) is 8.51. The van der Waals surface area contributed by atoms with Gasteiger partial charge in [0, 0.05) is 38.7 Å². The quantitative estimate of drug-likeness (QED) is 0.285. The first-order valence-electron chi connectivity index (χ1n) is 12.5. The number of nitrogens with one attached hydrogen (secondary N) is 1. The third-order valence-electron chi connectivity index (χ3n) is 6.27. The molecule has 0 unspecified atom stereocenters. The average Bonchev–Trinajstić information content (AvgIpc) is 2.85. The predicted octanol–water partition coefficient (Wildman–Crippen LogP) is 3.98. The molecule has 0 aliphatic carbocycles. The van der Waals surface area contributed by atoms with Crippen LogP contribution in [0.1, 0.15) is 50.7 Å². The highest BCUT2D eigenvalue weighted by molar-refractivity contribution is 5.82. The van der Waals surface area contributed by atoms with Crippen molar-refractivity contribution in [3.63, 3.8) is 0 Å². The number of H-pyrrole nitrogens is 1. The molecule has 1 fully saturated rings. The van der Waals surface area contributed by atoms with Crippen LogP contribution in [0.4, 0.5) is 10.1 Å². The van der Waals surface area contributed by atoms with E-state index in [2.05, 4.69) is 20.0 Å². The molecule has 1 saturated heterocycles. The molecule has 1 aliphatic heterocycles. The molecular weight excluding hydrogens is 465 g/mol. The maximum Gasteiger partial charge on any atom is 0.337 e. The number of aromatic amines is 1. The zero-order valence-electron chi connectivity index (χ0n) is 21.0. The molecule has 3 heterocycles. The molecule has 3 aromatic rings. The van der Waals surface area contributed by atoms with Gasteiger partial charge in [0.15, 0.2) is 0 Å². The number of aromatic nitrogens is 2. The Morgan fingerprint density at radius 3 is 2.64 bits per heavy atom. The Morgan fingerprint density at radius 2 is 1.94 bits per heavy atom. The summed E-state index contributed by atoms with van der Waals surface area (Å²) >= 11 is 0. The Bertz CT molecular complexity index is 1360. The molecule has 1 aliphatic rings. The lowest BCUT2D eigenvalue weighted by Crippen LogP contribution is -2.49. The van der Waals surface area contributed by atoms with Gasteiger partial charge in [-0.2, -0.15) is 4.98 Å². The van der Waals surface area contributed by atoms with E-state index in [4.69, 9.17) is 9.25 Å². The number of amidine groups is 1. The summed E-state index contributed by atoms with van der Waals surface area (Å²) in [5, 5.41) is 4.53. The number of oxime groups is 1. The lowest BCUT2D eigenvalue weighted by molar-refractivity contribution is 0.288. The molecule has 0 radical (unpaired) electrons.